The summed E-state index contributed by atoms with van der Waals surface area (Å²) in [5.74, 6) is 1.15. The van der Waals surface area contributed by atoms with Crippen LogP contribution in [0.1, 0.15) is 37.9 Å². The fraction of sp³-hybridized carbons (Fsp3) is 0.400. The van der Waals surface area contributed by atoms with Crippen molar-refractivity contribution in [3.8, 4) is 16.5 Å². The molecule has 188 valence electrons. The molecule has 5 heterocycles. The van der Waals surface area contributed by atoms with Gasteiger partial charge >= 0.3 is 6.18 Å². The molecule has 1 saturated heterocycles. The second-order valence-corrected chi connectivity index (χ2v) is 9.76. The lowest BCUT2D eigenvalue weighted by molar-refractivity contribution is -0.141. The Morgan fingerprint density at radius 2 is 1.78 bits per heavy atom. The van der Waals surface area contributed by atoms with Gasteiger partial charge in [-0.25, -0.2) is 19.9 Å². The van der Waals surface area contributed by atoms with Crippen LogP contribution >= 0.6 is 11.3 Å². The molecule has 4 aromatic rings. The minimum atomic E-state index is -4.47. The third kappa shape index (κ3) is 5.25. The van der Waals surface area contributed by atoms with Gasteiger partial charge in [-0.05, 0) is 61.9 Å². The van der Waals surface area contributed by atoms with Gasteiger partial charge in [0.15, 0.2) is 0 Å². The number of halogens is 3. The van der Waals surface area contributed by atoms with Gasteiger partial charge in [-0.15, -0.1) is 0 Å². The maximum Gasteiger partial charge on any atom is 0.433 e. The molecule has 0 amide bonds. The maximum absolute atomic E-state index is 12.8. The molecule has 1 atom stereocenters. The van der Waals surface area contributed by atoms with Gasteiger partial charge in [0, 0.05) is 37.2 Å². The number of rotatable bonds is 6. The molecule has 0 unspecified atom stereocenters. The summed E-state index contributed by atoms with van der Waals surface area (Å²) in [4.78, 5) is 24.5. The minimum absolute atomic E-state index is 0.0188. The molecule has 11 heteroatoms. The number of alkyl halides is 3. The van der Waals surface area contributed by atoms with Crippen molar-refractivity contribution in [3.63, 3.8) is 0 Å². The average Bonchev–Trinajstić information content (AvgIpc) is 3.30. The molecule has 1 aliphatic heterocycles. The minimum Gasteiger partial charge on any atom is -0.467 e. The SMILES string of the molecule is CCc1cnc(N2CCC([C@H](C)Oc3nc4ccc(-c5ccc(C(F)(F)F)nc5)nc4s3)CC2)nc1. The second-order valence-electron chi connectivity index (χ2n) is 8.82. The monoisotopic (exact) mass is 514 g/mol. The zero-order valence-electron chi connectivity index (χ0n) is 19.9. The first-order chi connectivity index (χ1) is 17.3. The van der Waals surface area contributed by atoms with E-state index in [-0.39, 0.29) is 6.10 Å². The van der Waals surface area contributed by atoms with Crippen LogP contribution in [0.2, 0.25) is 0 Å². The number of ether oxygens (including phenoxy) is 1. The van der Waals surface area contributed by atoms with Gasteiger partial charge in [0.2, 0.25) is 5.95 Å². The Labute approximate surface area is 210 Å². The summed E-state index contributed by atoms with van der Waals surface area (Å²) >= 11 is 1.33. The Morgan fingerprint density at radius 3 is 2.42 bits per heavy atom. The van der Waals surface area contributed by atoms with Crippen LogP contribution in [0.4, 0.5) is 19.1 Å². The Hall–Kier alpha value is -3.34. The number of aromatic nitrogens is 5. The third-order valence-electron chi connectivity index (χ3n) is 6.46. The van der Waals surface area contributed by atoms with Crippen molar-refractivity contribution in [2.45, 2.75) is 45.4 Å². The molecule has 1 aliphatic rings. The van der Waals surface area contributed by atoms with Crippen LogP contribution in [0.25, 0.3) is 21.6 Å². The fourth-order valence-corrected chi connectivity index (χ4v) is 5.11. The number of hydrogen-bond acceptors (Lipinski definition) is 8. The largest absolute Gasteiger partial charge is 0.467 e. The van der Waals surface area contributed by atoms with E-state index in [9.17, 15) is 13.2 Å². The van der Waals surface area contributed by atoms with Gasteiger partial charge in [0.1, 0.15) is 22.1 Å². The number of pyridine rings is 2. The zero-order valence-corrected chi connectivity index (χ0v) is 20.7. The Bertz CT molecular complexity index is 1320. The van der Waals surface area contributed by atoms with Crippen LogP contribution in [0.5, 0.6) is 5.19 Å². The smallest absolute Gasteiger partial charge is 0.433 e. The average molecular weight is 515 g/mol. The number of hydrogen-bond donors (Lipinski definition) is 0. The Kier molecular flexibility index (Phi) is 6.74. The quantitative estimate of drug-likeness (QED) is 0.321. The number of fused-ring (bicyclic) bond motifs is 1. The number of thiazole rings is 1. The lowest BCUT2D eigenvalue weighted by Crippen LogP contribution is -2.39. The third-order valence-corrected chi connectivity index (χ3v) is 7.31. The summed E-state index contributed by atoms with van der Waals surface area (Å²) in [6.45, 7) is 5.89. The lowest BCUT2D eigenvalue weighted by Gasteiger charge is -2.34. The molecule has 0 N–H and O–H groups in total. The van der Waals surface area contributed by atoms with Gasteiger partial charge in [-0.1, -0.05) is 18.3 Å². The van der Waals surface area contributed by atoms with Gasteiger partial charge in [0.05, 0.1) is 5.69 Å². The summed E-state index contributed by atoms with van der Waals surface area (Å²) in [6.07, 6.45) is 3.33. The normalized spacial score (nSPS) is 15.9. The first-order valence-electron chi connectivity index (χ1n) is 11.8. The molecular formula is C25H25F3N6OS. The fourth-order valence-electron chi connectivity index (χ4n) is 4.24. The molecule has 0 aliphatic carbocycles. The van der Waals surface area contributed by atoms with Crippen molar-refractivity contribution < 1.29 is 17.9 Å². The maximum atomic E-state index is 12.8. The predicted octanol–water partition coefficient (Wildman–Crippen LogP) is 5.81. The van der Waals surface area contributed by atoms with Crippen LogP contribution in [0.3, 0.4) is 0 Å². The molecule has 0 spiro atoms. The molecule has 36 heavy (non-hydrogen) atoms. The van der Waals surface area contributed by atoms with Crippen LogP contribution in [-0.4, -0.2) is 44.1 Å². The molecule has 1 fully saturated rings. The molecule has 7 nitrogen and oxygen atoms in total. The van der Waals surface area contributed by atoms with Crippen molar-refractivity contribution in [2.24, 2.45) is 5.92 Å². The molecule has 4 aromatic heterocycles. The first-order valence-corrected chi connectivity index (χ1v) is 12.7. The van der Waals surface area contributed by atoms with E-state index >= 15 is 0 Å². The summed E-state index contributed by atoms with van der Waals surface area (Å²) in [5, 5.41) is 0.536. The van der Waals surface area contributed by atoms with Crippen molar-refractivity contribution in [1.29, 1.82) is 0 Å². The van der Waals surface area contributed by atoms with Gasteiger partial charge < -0.3 is 9.64 Å². The van der Waals surface area contributed by atoms with Crippen LogP contribution in [0.15, 0.2) is 42.9 Å². The van der Waals surface area contributed by atoms with Crippen LogP contribution < -0.4 is 9.64 Å². The van der Waals surface area contributed by atoms with Gasteiger partial charge in [-0.3, -0.25) is 4.98 Å². The second kappa shape index (κ2) is 9.96. The summed E-state index contributed by atoms with van der Waals surface area (Å²) in [7, 11) is 0. The van der Waals surface area contributed by atoms with E-state index in [0.717, 1.165) is 49.9 Å². The van der Waals surface area contributed by atoms with E-state index in [1.807, 2.05) is 12.4 Å². The van der Waals surface area contributed by atoms with E-state index < -0.39 is 11.9 Å². The molecule has 5 rings (SSSR count). The number of nitrogens with zero attached hydrogens (tertiary/aromatic N) is 6. The Morgan fingerprint density at radius 1 is 1.03 bits per heavy atom. The highest BCUT2D eigenvalue weighted by Gasteiger charge is 2.32. The lowest BCUT2D eigenvalue weighted by atomic mass is 9.92. The molecule has 0 radical (unpaired) electrons. The number of piperidine rings is 1. The standard InChI is InChI=1S/C25H25F3N6OS/c1-3-16-12-30-23(31-13-16)34-10-8-17(9-11-34)15(2)35-24-33-20-6-5-19(32-22(20)36-24)18-4-7-21(29-14-18)25(26,27)28/h4-7,12-15,17H,3,8-11H2,1-2H3/t15-/m0/s1. The van der Waals surface area contributed by atoms with Crippen molar-refractivity contribution >= 4 is 27.6 Å². The highest BCUT2D eigenvalue weighted by atomic mass is 32.1. The van der Waals surface area contributed by atoms with Gasteiger partial charge in [0.25, 0.3) is 5.19 Å². The molecule has 0 saturated carbocycles. The predicted molar refractivity (Wildman–Crippen MR) is 132 cm³/mol. The highest BCUT2D eigenvalue weighted by molar-refractivity contribution is 7.19. The van der Waals surface area contributed by atoms with E-state index in [4.69, 9.17) is 4.74 Å². The highest BCUT2D eigenvalue weighted by Crippen LogP contribution is 2.33. The van der Waals surface area contributed by atoms with Crippen LogP contribution in [0, 0.1) is 5.92 Å². The summed E-state index contributed by atoms with van der Waals surface area (Å²) in [5.41, 5.74) is 1.93. The first kappa shape index (κ1) is 24.4. The number of anilines is 1. The van der Waals surface area contributed by atoms with E-state index in [2.05, 4.69) is 43.7 Å². The zero-order chi connectivity index (χ0) is 25.3. The molecule has 0 aromatic carbocycles. The van der Waals surface area contributed by atoms with E-state index in [1.165, 1.54) is 23.6 Å². The topological polar surface area (TPSA) is 76.9 Å². The van der Waals surface area contributed by atoms with Crippen molar-refractivity contribution in [2.75, 3.05) is 18.0 Å². The summed E-state index contributed by atoms with van der Waals surface area (Å²) < 4.78 is 44.6. The molecular weight excluding hydrogens is 489 g/mol. The molecule has 0 bridgehead atoms. The van der Waals surface area contributed by atoms with Crippen LogP contribution in [-0.2, 0) is 12.6 Å². The van der Waals surface area contributed by atoms with Gasteiger partial charge in [-0.2, -0.15) is 13.2 Å². The van der Waals surface area contributed by atoms with Crippen molar-refractivity contribution in [1.82, 2.24) is 24.9 Å². The summed E-state index contributed by atoms with van der Waals surface area (Å²) in [6, 6.07) is 5.86. The van der Waals surface area contributed by atoms with E-state index in [1.54, 1.807) is 12.1 Å². The number of aryl methyl sites for hydroxylation is 1. The van der Waals surface area contributed by atoms with Crippen molar-refractivity contribution in [3.05, 3.63) is 54.1 Å². The van der Waals surface area contributed by atoms with E-state index in [0.29, 0.717) is 32.7 Å². The Balaban J connectivity index is 1.22.